The lowest BCUT2D eigenvalue weighted by Crippen LogP contribution is -2.46. The molecule has 1 saturated heterocycles. The Kier molecular flexibility index (Phi) is 4.03. The van der Waals surface area contributed by atoms with Gasteiger partial charge in [0.1, 0.15) is 5.01 Å². The minimum Gasteiger partial charge on any atom is -0.340 e. The SMILES string of the molecule is O=C(Cc1csc(-c2ccncc2)n1)N1CCNCC1. The summed E-state index contributed by atoms with van der Waals surface area (Å²) >= 11 is 1.57. The van der Waals surface area contributed by atoms with Crippen molar-refractivity contribution >= 4 is 17.2 Å². The summed E-state index contributed by atoms with van der Waals surface area (Å²) in [6.45, 7) is 3.34. The summed E-state index contributed by atoms with van der Waals surface area (Å²) in [5.74, 6) is 0.165. The largest absolute Gasteiger partial charge is 0.340 e. The first-order chi connectivity index (χ1) is 9.83. The van der Waals surface area contributed by atoms with E-state index in [1.807, 2.05) is 22.4 Å². The highest BCUT2D eigenvalue weighted by Crippen LogP contribution is 2.23. The van der Waals surface area contributed by atoms with E-state index in [0.717, 1.165) is 42.4 Å². The minimum absolute atomic E-state index is 0.165. The summed E-state index contributed by atoms with van der Waals surface area (Å²) in [7, 11) is 0. The Bertz CT molecular complexity index is 578. The molecule has 1 aliphatic rings. The van der Waals surface area contributed by atoms with E-state index in [1.54, 1.807) is 23.7 Å². The number of thiazole rings is 1. The van der Waals surface area contributed by atoms with Crippen LogP contribution in [-0.2, 0) is 11.2 Å². The monoisotopic (exact) mass is 288 g/mol. The number of hydrogen-bond donors (Lipinski definition) is 1. The highest BCUT2D eigenvalue weighted by atomic mass is 32.1. The Balaban J connectivity index is 1.66. The van der Waals surface area contributed by atoms with Gasteiger partial charge in [0.05, 0.1) is 12.1 Å². The van der Waals surface area contributed by atoms with Crippen LogP contribution in [0.4, 0.5) is 0 Å². The zero-order chi connectivity index (χ0) is 13.8. The molecule has 6 heteroatoms. The fraction of sp³-hybridized carbons (Fsp3) is 0.357. The van der Waals surface area contributed by atoms with Gasteiger partial charge in [-0.05, 0) is 12.1 Å². The molecule has 3 rings (SSSR count). The van der Waals surface area contributed by atoms with Crippen LogP contribution in [0.2, 0.25) is 0 Å². The summed E-state index contributed by atoms with van der Waals surface area (Å²) in [6, 6.07) is 3.86. The second-order valence-electron chi connectivity index (χ2n) is 4.69. The van der Waals surface area contributed by atoms with Crippen LogP contribution >= 0.6 is 11.3 Å². The van der Waals surface area contributed by atoms with Gasteiger partial charge in [-0.25, -0.2) is 4.98 Å². The van der Waals surface area contributed by atoms with Crippen LogP contribution in [-0.4, -0.2) is 47.0 Å². The number of carbonyl (C=O) groups is 1. The van der Waals surface area contributed by atoms with E-state index in [9.17, 15) is 4.79 Å². The number of pyridine rings is 1. The van der Waals surface area contributed by atoms with Gasteiger partial charge in [-0.1, -0.05) is 0 Å². The minimum atomic E-state index is 0.165. The molecule has 0 aromatic carbocycles. The molecule has 5 nitrogen and oxygen atoms in total. The molecule has 0 aliphatic carbocycles. The second-order valence-corrected chi connectivity index (χ2v) is 5.55. The van der Waals surface area contributed by atoms with Gasteiger partial charge in [0, 0.05) is 49.5 Å². The van der Waals surface area contributed by atoms with E-state index in [1.165, 1.54) is 0 Å². The lowest BCUT2D eigenvalue weighted by Gasteiger charge is -2.27. The van der Waals surface area contributed by atoms with Crippen molar-refractivity contribution in [1.82, 2.24) is 20.2 Å². The van der Waals surface area contributed by atoms with E-state index in [4.69, 9.17) is 0 Å². The number of carbonyl (C=O) groups excluding carboxylic acids is 1. The van der Waals surface area contributed by atoms with Gasteiger partial charge in [0.25, 0.3) is 0 Å². The number of amides is 1. The lowest BCUT2D eigenvalue weighted by atomic mass is 10.2. The van der Waals surface area contributed by atoms with Crippen molar-refractivity contribution < 1.29 is 4.79 Å². The first kappa shape index (κ1) is 13.2. The summed E-state index contributed by atoms with van der Waals surface area (Å²) < 4.78 is 0. The summed E-state index contributed by atoms with van der Waals surface area (Å²) in [5.41, 5.74) is 1.90. The predicted molar refractivity (Wildman–Crippen MR) is 78.5 cm³/mol. The van der Waals surface area contributed by atoms with Crippen LogP contribution in [0.3, 0.4) is 0 Å². The third-order valence-corrected chi connectivity index (χ3v) is 4.22. The molecular formula is C14H16N4OS. The maximum Gasteiger partial charge on any atom is 0.228 e. The van der Waals surface area contributed by atoms with Crippen molar-refractivity contribution in [1.29, 1.82) is 0 Å². The Hall–Kier alpha value is -1.79. The number of piperazine rings is 1. The van der Waals surface area contributed by atoms with Gasteiger partial charge >= 0.3 is 0 Å². The second kappa shape index (κ2) is 6.11. The standard InChI is InChI=1S/C14H16N4OS/c19-13(18-7-5-16-6-8-18)9-12-10-20-14(17-12)11-1-3-15-4-2-11/h1-4,10,16H,5-9H2. The molecule has 104 valence electrons. The molecule has 2 aromatic heterocycles. The third kappa shape index (κ3) is 3.02. The van der Waals surface area contributed by atoms with Gasteiger partial charge in [-0.3, -0.25) is 9.78 Å². The fourth-order valence-electron chi connectivity index (χ4n) is 2.20. The van der Waals surface area contributed by atoms with Gasteiger partial charge in [-0.2, -0.15) is 0 Å². The maximum absolute atomic E-state index is 12.2. The van der Waals surface area contributed by atoms with Crippen molar-refractivity contribution in [3.63, 3.8) is 0 Å². The lowest BCUT2D eigenvalue weighted by molar-refractivity contribution is -0.131. The molecule has 0 radical (unpaired) electrons. The number of aromatic nitrogens is 2. The number of nitrogens with one attached hydrogen (secondary N) is 1. The van der Waals surface area contributed by atoms with E-state index in [2.05, 4.69) is 15.3 Å². The van der Waals surface area contributed by atoms with E-state index >= 15 is 0 Å². The summed E-state index contributed by atoms with van der Waals surface area (Å²) in [4.78, 5) is 22.6. The zero-order valence-electron chi connectivity index (χ0n) is 11.1. The number of rotatable bonds is 3. The van der Waals surface area contributed by atoms with E-state index < -0.39 is 0 Å². The average Bonchev–Trinajstić information content (AvgIpc) is 2.97. The van der Waals surface area contributed by atoms with Gasteiger partial charge in [0.2, 0.25) is 5.91 Å². The van der Waals surface area contributed by atoms with Crippen molar-refractivity contribution in [3.8, 4) is 10.6 Å². The highest BCUT2D eigenvalue weighted by Gasteiger charge is 2.17. The van der Waals surface area contributed by atoms with Crippen LogP contribution in [0.15, 0.2) is 29.9 Å². The molecule has 0 unspecified atom stereocenters. The molecule has 1 N–H and O–H groups in total. The third-order valence-electron chi connectivity index (χ3n) is 3.28. The van der Waals surface area contributed by atoms with Gasteiger partial charge < -0.3 is 10.2 Å². The number of hydrogen-bond acceptors (Lipinski definition) is 5. The molecule has 0 bridgehead atoms. The topological polar surface area (TPSA) is 58.1 Å². The molecule has 20 heavy (non-hydrogen) atoms. The summed E-state index contributed by atoms with van der Waals surface area (Å²) in [6.07, 6.45) is 3.90. The van der Waals surface area contributed by atoms with Crippen molar-refractivity contribution in [3.05, 3.63) is 35.6 Å². The van der Waals surface area contributed by atoms with E-state index in [-0.39, 0.29) is 5.91 Å². The molecule has 0 saturated carbocycles. The Morgan fingerprint density at radius 2 is 2.05 bits per heavy atom. The van der Waals surface area contributed by atoms with Crippen LogP contribution in [0, 0.1) is 0 Å². The summed E-state index contributed by atoms with van der Waals surface area (Å²) in [5, 5.41) is 6.15. The van der Waals surface area contributed by atoms with E-state index in [0.29, 0.717) is 6.42 Å². The van der Waals surface area contributed by atoms with Crippen molar-refractivity contribution in [2.24, 2.45) is 0 Å². The first-order valence-electron chi connectivity index (χ1n) is 6.66. The quantitative estimate of drug-likeness (QED) is 0.921. The fourth-order valence-corrected chi connectivity index (χ4v) is 3.02. The molecule has 1 amide bonds. The zero-order valence-corrected chi connectivity index (χ0v) is 11.9. The molecule has 3 heterocycles. The normalized spacial score (nSPS) is 15.3. The molecule has 1 aliphatic heterocycles. The Morgan fingerprint density at radius 1 is 1.30 bits per heavy atom. The molecule has 0 atom stereocenters. The van der Waals surface area contributed by atoms with Crippen LogP contribution in [0.5, 0.6) is 0 Å². The van der Waals surface area contributed by atoms with Gasteiger partial charge in [-0.15, -0.1) is 11.3 Å². The van der Waals surface area contributed by atoms with Crippen LogP contribution in [0.25, 0.3) is 10.6 Å². The Labute approximate surface area is 121 Å². The van der Waals surface area contributed by atoms with Crippen LogP contribution < -0.4 is 5.32 Å². The number of nitrogens with zero attached hydrogens (tertiary/aromatic N) is 3. The molecule has 2 aromatic rings. The predicted octanol–water partition coefficient (Wildman–Crippen LogP) is 1.18. The van der Waals surface area contributed by atoms with Crippen molar-refractivity contribution in [2.45, 2.75) is 6.42 Å². The van der Waals surface area contributed by atoms with Gasteiger partial charge in [0.15, 0.2) is 0 Å². The average molecular weight is 288 g/mol. The van der Waals surface area contributed by atoms with Crippen LogP contribution in [0.1, 0.15) is 5.69 Å². The maximum atomic E-state index is 12.2. The Morgan fingerprint density at radius 3 is 2.80 bits per heavy atom. The molecular weight excluding hydrogens is 272 g/mol. The van der Waals surface area contributed by atoms with Crippen molar-refractivity contribution in [2.75, 3.05) is 26.2 Å². The molecule has 0 spiro atoms. The molecule has 1 fully saturated rings. The smallest absolute Gasteiger partial charge is 0.228 e. The first-order valence-corrected chi connectivity index (χ1v) is 7.54. The highest BCUT2D eigenvalue weighted by molar-refractivity contribution is 7.13.